The highest BCUT2D eigenvalue weighted by molar-refractivity contribution is 9.11. The summed E-state index contributed by atoms with van der Waals surface area (Å²) in [6, 6.07) is 0. The smallest absolute Gasteiger partial charge is 0.0489 e. The maximum absolute atomic E-state index is 3.44. The first-order chi connectivity index (χ1) is 4.33. The van der Waals surface area contributed by atoms with Crippen molar-refractivity contribution in [1.29, 1.82) is 0 Å². The lowest BCUT2D eigenvalue weighted by Crippen LogP contribution is -2.19. The van der Waals surface area contributed by atoms with Crippen molar-refractivity contribution in [2.45, 2.75) is 6.92 Å². The van der Waals surface area contributed by atoms with E-state index in [1.165, 1.54) is 4.48 Å². The fraction of sp³-hybridized carbons (Fsp3) is 0.429. The van der Waals surface area contributed by atoms with Crippen molar-refractivity contribution in [3.8, 4) is 0 Å². The second kappa shape index (κ2) is 3.06. The van der Waals surface area contributed by atoms with E-state index in [1.807, 2.05) is 0 Å². The normalized spacial score (nSPS) is 18.0. The highest BCUT2D eigenvalue weighted by atomic mass is 79.9. The van der Waals surface area contributed by atoms with Crippen LogP contribution in [-0.4, -0.2) is 18.0 Å². The molecule has 0 fully saturated rings. The molecular formula is C7H10BrN. The van der Waals surface area contributed by atoms with E-state index in [9.17, 15) is 0 Å². The quantitative estimate of drug-likeness (QED) is 0.609. The first kappa shape index (κ1) is 6.87. The van der Waals surface area contributed by atoms with E-state index >= 15 is 0 Å². The molecule has 0 aromatic heterocycles. The van der Waals surface area contributed by atoms with Gasteiger partial charge in [-0.1, -0.05) is 15.9 Å². The first-order valence-electron chi connectivity index (χ1n) is 3.10. The summed E-state index contributed by atoms with van der Waals surface area (Å²) in [7, 11) is 0. The molecule has 0 unspecified atom stereocenters. The standard InChI is InChI=1S/C7H10BrN/c1-2-9-5-3-4-7(8)6-9/h3-5H,2,6H2,1H3. The van der Waals surface area contributed by atoms with Gasteiger partial charge in [-0.05, 0) is 25.3 Å². The van der Waals surface area contributed by atoms with Crippen LogP contribution in [0.15, 0.2) is 22.8 Å². The van der Waals surface area contributed by atoms with E-state index < -0.39 is 0 Å². The fourth-order valence-electron chi connectivity index (χ4n) is 0.786. The summed E-state index contributed by atoms with van der Waals surface area (Å²) < 4.78 is 1.26. The van der Waals surface area contributed by atoms with Gasteiger partial charge in [0.15, 0.2) is 0 Å². The maximum atomic E-state index is 3.44. The number of hydrogen-bond donors (Lipinski definition) is 0. The van der Waals surface area contributed by atoms with E-state index in [0.29, 0.717) is 0 Å². The summed E-state index contributed by atoms with van der Waals surface area (Å²) in [5, 5.41) is 0. The molecule has 0 spiro atoms. The van der Waals surface area contributed by atoms with E-state index in [4.69, 9.17) is 0 Å². The van der Waals surface area contributed by atoms with Gasteiger partial charge in [-0.25, -0.2) is 0 Å². The van der Waals surface area contributed by atoms with Gasteiger partial charge in [0, 0.05) is 17.6 Å². The first-order valence-corrected chi connectivity index (χ1v) is 3.89. The minimum Gasteiger partial charge on any atom is -0.373 e. The lowest BCUT2D eigenvalue weighted by atomic mass is 10.3. The van der Waals surface area contributed by atoms with Gasteiger partial charge in [0.2, 0.25) is 0 Å². The molecule has 0 N–H and O–H groups in total. The Morgan fingerprint density at radius 2 is 2.56 bits per heavy atom. The molecule has 1 aliphatic heterocycles. The van der Waals surface area contributed by atoms with Crippen molar-refractivity contribution in [2.24, 2.45) is 0 Å². The van der Waals surface area contributed by atoms with Gasteiger partial charge < -0.3 is 4.90 Å². The Morgan fingerprint density at radius 3 is 3.00 bits per heavy atom. The SMILES string of the molecule is CCN1C=CC=C(Br)C1. The third kappa shape index (κ3) is 1.86. The Balaban J connectivity index is 2.51. The minimum absolute atomic E-state index is 1.02. The third-order valence-corrected chi connectivity index (χ3v) is 1.85. The maximum Gasteiger partial charge on any atom is 0.0489 e. The zero-order valence-electron chi connectivity index (χ0n) is 5.47. The van der Waals surface area contributed by atoms with Crippen LogP contribution in [0.5, 0.6) is 0 Å². The molecule has 0 aromatic carbocycles. The molecule has 1 aliphatic rings. The number of likely N-dealkylation sites (N-methyl/N-ethyl adjacent to an activating group) is 1. The highest BCUT2D eigenvalue weighted by Gasteiger charge is 2.00. The topological polar surface area (TPSA) is 3.24 Å². The van der Waals surface area contributed by atoms with E-state index in [-0.39, 0.29) is 0 Å². The summed E-state index contributed by atoms with van der Waals surface area (Å²) in [5.74, 6) is 0. The molecular weight excluding hydrogens is 178 g/mol. The Hall–Kier alpha value is -0.240. The van der Waals surface area contributed by atoms with Crippen LogP contribution in [0, 0.1) is 0 Å². The molecule has 0 atom stereocenters. The summed E-state index contributed by atoms with van der Waals surface area (Å²) in [4.78, 5) is 2.24. The molecule has 1 rings (SSSR count). The zero-order chi connectivity index (χ0) is 6.69. The van der Waals surface area contributed by atoms with Crippen LogP contribution in [0.2, 0.25) is 0 Å². The average molecular weight is 188 g/mol. The molecule has 0 saturated heterocycles. The molecule has 2 heteroatoms. The van der Waals surface area contributed by atoms with Crippen molar-refractivity contribution >= 4 is 15.9 Å². The van der Waals surface area contributed by atoms with E-state index in [2.05, 4.69) is 46.1 Å². The van der Waals surface area contributed by atoms with Gasteiger partial charge in [0.1, 0.15) is 0 Å². The third-order valence-electron chi connectivity index (χ3n) is 1.33. The van der Waals surface area contributed by atoms with Crippen LogP contribution in [0.25, 0.3) is 0 Å². The molecule has 0 amide bonds. The van der Waals surface area contributed by atoms with Crippen LogP contribution in [0.4, 0.5) is 0 Å². The van der Waals surface area contributed by atoms with Crippen molar-refractivity contribution in [3.63, 3.8) is 0 Å². The number of rotatable bonds is 1. The van der Waals surface area contributed by atoms with E-state index in [1.54, 1.807) is 0 Å². The lowest BCUT2D eigenvalue weighted by molar-refractivity contribution is 0.433. The second-order valence-electron chi connectivity index (χ2n) is 2.02. The number of allylic oxidation sites excluding steroid dienone is 2. The Labute approximate surface area is 64.2 Å². The van der Waals surface area contributed by atoms with E-state index in [0.717, 1.165) is 13.1 Å². The van der Waals surface area contributed by atoms with Crippen LogP contribution in [-0.2, 0) is 0 Å². The van der Waals surface area contributed by atoms with Gasteiger partial charge in [0.25, 0.3) is 0 Å². The predicted octanol–water partition coefficient (Wildman–Crippen LogP) is 2.11. The van der Waals surface area contributed by atoms with Crippen molar-refractivity contribution in [2.75, 3.05) is 13.1 Å². The van der Waals surface area contributed by atoms with Crippen molar-refractivity contribution in [1.82, 2.24) is 4.90 Å². The lowest BCUT2D eigenvalue weighted by Gasteiger charge is -2.19. The number of hydrogen-bond acceptors (Lipinski definition) is 1. The van der Waals surface area contributed by atoms with Gasteiger partial charge >= 0.3 is 0 Å². The van der Waals surface area contributed by atoms with Gasteiger partial charge in [-0.15, -0.1) is 0 Å². The Morgan fingerprint density at radius 1 is 1.78 bits per heavy atom. The van der Waals surface area contributed by atoms with Crippen molar-refractivity contribution < 1.29 is 0 Å². The van der Waals surface area contributed by atoms with Gasteiger partial charge in [-0.3, -0.25) is 0 Å². The molecule has 0 aliphatic carbocycles. The second-order valence-corrected chi connectivity index (χ2v) is 3.04. The average Bonchev–Trinajstić information content (AvgIpc) is 1.88. The van der Waals surface area contributed by atoms with Gasteiger partial charge in [-0.2, -0.15) is 0 Å². The van der Waals surface area contributed by atoms with Crippen LogP contribution >= 0.6 is 15.9 Å². The van der Waals surface area contributed by atoms with Crippen LogP contribution in [0.3, 0.4) is 0 Å². The van der Waals surface area contributed by atoms with Crippen LogP contribution < -0.4 is 0 Å². The Kier molecular flexibility index (Phi) is 2.34. The Bertz CT molecular complexity index is 149. The highest BCUT2D eigenvalue weighted by Crippen LogP contribution is 2.11. The summed E-state index contributed by atoms with van der Waals surface area (Å²) in [5.41, 5.74) is 0. The molecule has 9 heavy (non-hydrogen) atoms. The summed E-state index contributed by atoms with van der Waals surface area (Å²) >= 11 is 3.44. The van der Waals surface area contributed by atoms with Gasteiger partial charge in [0.05, 0.1) is 0 Å². The molecule has 1 nitrogen and oxygen atoms in total. The molecule has 0 radical (unpaired) electrons. The molecule has 50 valence electrons. The summed E-state index contributed by atoms with van der Waals surface area (Å²) in [6.07, 6.45) is 6.23. The minimum atomic E-state index is 1.02. The zero-order valence-corrected chi connectivity index (χ0v) is 7.06. The predicted molar refractivity (Wildman–Crippen MR) is 43.4 cm³/mol. The largest absolute Gasteiger partial charge is 0.373 e. The summed E-state index contributed by atoms with van der Waals surface area (Å²) in [6.45, 7) is 4.25. The van der Waals surface area contributed by atoms with Crippen molar-refractivity contribution in [3.05, 3.63) is 22.8 Å². The fourth-order valence-corrected chi connectivity index (χ4v) is 1.26. The molecule has 1 heterocycles. The van der Waals surface area contributed by atoms with Crippen LogP contribution in [0.1, 0.15) is 6.92 Å². The molecule has 0 aromatic rings. The number of nitrogens with zero attached hydrogens (tertiary/aromatic N) is 1. The monoisotopic (exact) mass is 187 g/mol. The number of halogens is 1. The molecule has 0 saturated carbocycles. The molecule has 0 bridgehead atoms.